The Bertz CT molecular complexity index is 1300. The first kappa shape index (κ1) is 23.7. The van der Waals surface area contributed by atoms with Crippen LogP contribution < -0.4 is 10.6 Å². The summed E-state index contributed by atoms with van der Waals surface area (Å²) in [5.41, 5.74) is 7.58. The molecule has 1 amide bonds. The zero-order valence-electron chi connectivity index (χ0n) is 18.1. The minimum atomic E-state index is -4.16. The van der Waals surface area contributed by atoms with E-state index in [2.05, 4.69) is 16.5 Å². The number of primary amides is 1. The van der Waals surface area contributed by atoms with Crippen LogP contribution >= 0.6 is 0 Å². The van der Waals surface area contributed by atoms with Gasteiger partial charge >= 0.3 is 10.1 Å². The van der Waals surface area contributed by atoms with Crippen molar-refractivity contribution in [2.75, 3.05) is 11.5 Å². The highest BCUT2D eigenvalue weighted by molar-refractivity contribution is 7.86. The topological polar surface area (TPSA) is 149 Å². The molecule has 33 heavy (non-hydrogen) atoms. The molecule has 3 rings (SSSR count). The molecular formula is C21H23N7O4S. The van der Waals surface area contributed by atoms with Crippen molar-refractivity contribution in [1.29, 1.82) is 5.26 Å². The summed E-state index contributed by atoms with van der Waals surface area (Å²) in [6.45, 7) is 3.42. The Hall–Kier alpha value is -3.95. The summed E-state index contributed by atoms with van der Waals surface area (Å²) in [6, 6.07) is 7.49. The lowest BCUT2D eigenvalue weighted by atomic mass is 10.1. The highest BCUT2D eigenvalue weighted by atomic mass is 32.2. The first-order chi connectivity index (χ1) is 15.7. The van der Waals surface area contributed by atoms with Crippen LogP contribution in [0.1, 0.15) is 23.1 Å². The molecule has 1 unspecified atom stereocenters. The maximum atomic E-state index is 12.7. The monoisotopic (exact) mass is 469 g/mol. The number of benzene rings is 1. The minimum absolute atomic E-state index is 0.106. The lowest BCUT2D eigenvalue weighted by molar-refractivity contribution is -0.119. The van der Waals surface area contributed by atoms with Crippen LogP contribution in [0.25, 0.3) is 0 Å². The van der Waals surface area contributed by atoms with Crippen LogP contribution in [0.3, 0.4) is 0 Å². The van der Waals surface area contributed by atoms with Gasteiger partial charge in [0.2, 0.25) is 10.9 Å². The number of carbonyl (C=O) groups excluding carboxylic acids is 1. The van der Waals surface area contributed by atoms with Gasteiger partial charge in [-0.05, 0) is 24.3 Å². The Morgan fingerprint density at radius 1 is 1.33 bits per heavy atom. The number of amides is 1. The lowest BCUT2D eigenvalue weighted by Crippen LogP contribution is -2.39. The third-order valence-electron chi connectivity index (χ3n) is 4.89. The van der Waals surface area contributed by atoms with Crippen molar-refractivity contribution < 1.29 is 17.4 Å². The van der Waals surface area contributed by atoms with Gasteiger partial charge in [-0.15, -0.1) is 6.58 Å². The Morgan fingerprint density at radius 2 is 2.03 bits per heavy atom. The molecule has 0 saturated carbocycles. The summed E-state index contributed by atoms with van der Waals surface area (Å²) in [6.07, 6.45) is 5.82. The number of rotatable bonds is 10. The smallest absolute Gasteiger partial charge is 0.316 e. The average molecular weight is 470 g/mol. The molecule has 0 saturated heterocycles. The molecule has 3 aromatic rings. The van der Waals surface area contributed by atoms with E-state index in [0.29, 0.717) is 11.3 Å². The second-order valence-corrected chi connectivity index (χ2v) is 8.73. The normalized spacial score (nSPS) is 12.2. The minimum Gasteiger partial charge on any atom is -0.367 e. The van der Waals surface area contributed by atoms with Gasteiger partial charge in [0, 0.05) is 32.2 Å². The molecule has 1 atom stereocenters. The molecule has 0 spiro atoms. The maximum Gasteiger partial charge on any atom is 0.316 e. The quantitative estimate of drug-likeness (QED) is 0.343. The third kappa shape index (κ3) is 5.11. The Labute approximate surface area is 191 Å². The third-order valence-corrected chi connectivity index (χ3v) is 6.05. The van der Waals surface area contributed by atoms with Crippen molar-refractivity contribution >= 4 is 21.7 Å². The molecule has 11 nitrogen and oxygen atoms in total. The van der Waals surface area contributed by atoms with Gasteiger partial charge in [-0.1, -0.05) is 6.08 Å². The molecule has 0 bridgehead atoms. The van der Waals surface area contributed by atoms with E-state index in [1.165, 1.54) is 16.8 Å². The van der Waals surface area contributed by atoms with E-state index >= 15 is 0 Å². The molecule has 0 aliphatic carbocycles. The van der Waals surface area contributed by atoms with E-state index in [1.54, 1.807) is 60.4 Å². The largest absolute Gasteiger partial charge is 0.367 e. The number of aromatic nitrogens is 4. The molecule has 0 aliphatic rings. The first-order valence-electron chi connectivity index (χ1n) is 9.73. The number of anilines is 1. The van der Waals surface area contributed by atoms with Crippen LogP contribution in [-0.4, -0.2) is 40.0 Å². The van der Waals surface area contributed by atoms with Gasteiger partial charge in [0.05, 0.1) is 36.8 Å². The predicted molar refractivity (Wildman–Crippen MR) is 119 cm³/mol. The number of nitriles is 1. The van der Waals surface area contributed by atoms with Gasteiger partial charge in [-0.3, -0.25) is 8.98 Å². The predicted octanol–water partition coefficient (Wildman–Crippen LogP) is 1.15. The number of hydrogen-bond acceptors (Lipinski definition) is 8. The van der Waals surface area contributed by atoms with Gasteiger partial charge in [0.1, 0.15) is 5.82 Å². The van der Waals surface area contributed by atoms with E-state index in [1.807, 2.05) is 6.07 Å². The Morgan fingerprint density at radius 3 is 2.58 bits per heavy atom. The highest BCUT2D eigenvalue weighted by Crippen LogP contribution is 2.30. The molecule has 1 aromatic carbocycles. The van der Waals surface area contributed by atoms with Crippen molar-refractivity contribution in [1.82, 2.24) is 19.1 Å². The van der Waals surface area contributed by atoms with Gasteiger partial charge in [-0.2, -0.15) is 13.7 Å². The molecule has 2 aromatic heterocycles. The zero-order chi connectivity index (χ0) is 24.2. The van der Waals surface area contributed by atoms with E-state index in [-0.39, 0.29) is 24.0 Å². The van der Waals surface area contributed by atoms with Crippen LogP contribution in [-0.2, 0) is 39.7 Å². The van der Waals surface area contributed by atoms with E-state index in [0.717, 1.165) is 5.69 Å². The number of nitrogens with two attached hydrogens (primary N) is 1. The maximum absolute atomic E-state index is 12.7. The van der Waals surface area contributed by atoms with Crippen molar-refractivity contribution in [3.05, 3.63) is 72.7 Å². The van der Waals surface area contributed by atoms with E-state index < -0.39 is 22.1 Å². The standard InChI is InChI=1S/C21H23N7O4S/c1-4-9-32-33(30,31)18-13-26(2)21(25-18)19(20(23)29)28(12-17-11-24-14-27(17)3)16-7-5-15(10-22)6-8-16/h4-8,11,13-14,19H,1,9,12H2,2-3H3,(H2,23,29). The van der Waals surface area contributed by atoms with Crippen LogP contribution in [0.15, 0.2) is 60.7 Å². The molecule has 2 heterocycles. The van der Waals surface area contributed by atoms with Crippen LogP contribution in [0, 0.1) is 11.3 Å². The van der Waals surface area contributed by atoms with Gasteiger partial charge in [0.15, 0.2) is 6.04 Å². The molecular weight excluding hydrogens is 446 g/mol. The molecule has 0 fully saturated rings. The summed E-state index contributed by atoms with van der Waals surface area (Å²) in [4.78, 5) is 22.7. The fraction of sp³-hybridized carbons (Fsp3) is 0.238. The molecule has 12 heteroatoms. The Balaban J connectivity index is 2.11. The molecule has 172 valence electrons. The highest BCUT2D eigenvalue weighted by Gasteiger charge is 2.33. The van der Waals surface area contributed by atoms with Crippen LogP contribution in [0.4, 0.5) is 5.69 Å². The molecule has 0 radical (unpaired) electrons. The molecule has 0 aliphatic heterocycles. The summed E-state index contributed by atoms with van der Waals surface area (Å²) in [5.74, 6) is -0.638. The summed E-state index contributed by atoms with van der Waals surface area (Å²) in [5, 5.41) is 8.77. The summed E-state index contributed by atoms with van der Waals surface area (Å²) >= 11 is 0. The zero-order valence-corrected chi connectivity index (χ0v) is 18.9. The van der Waals surface area contributed by atoms with Crippen molar-refractivity contribution in [3.8, 4) is 6.07 Å². The van der Waals surface area contributed by atoms with Crippen molar-refractivity contribution in [2.24, 2.45) is 19.8 Å². The second-order valence-electron chi connectivity index (χ2n) is 7.16. The van der Waals surface area contributed by atoms with Gasteiger partial charge < -0.3 is 19.8 Å². The Kier molecular flexibility index (Phi) is 6.95. The summed E-state index contributed by atoms with van der Waals surface area (Å²) < 4.78 is 32.9. The van der Waals surface area contributed by atoms with Crippen LogP contribution in [0.2, 0.25) is 0 Å². The fourth-order valence-corrected chi connectivity index (χ4v) is 4.10. The number of nitrogens with zero attached hydrogens (tertiary/aromatic N) is 6. The summed E-state index contributed by atoms with van der Waals surface area (Å²) in [7, 11) is -0.795. The van der Waals surface area contributed by atoms with Gasteiger partial charge in [-0.25, -0.2) is 9.97 Å². The van der Waals surface area contributed by atoms with Crippen molar-refractivity contribution in [2.45, 2.75) is 17.6 Å². The van der Waals surface area contributed by atoms with E-state index in [9.17, 15) is 13.2 Å². The number of aryl methyl sites for hydroxylation is 2. The van der Waals surface area contributed by atoms with E-state index in [4.69, 9.17) is 15.2 Å². The molecule has 2 N–H and O–H groups in total. The first-order valence-corrected chi connectivity index (χ1v) is 11.1. The van der Waals surface area contributed by atoms with Crippen LogP contribution in [0.5, 0.6) is 0 Å². The SMILES string of the molecule is C=CCOS(=O)(=O)c1cn(C)c(C(C(N)=O)N(Cc2cncn2C)c2ccc(C#N)cc2)n1. The number of carbonyl (C=O) groups is 1. The fourth-order valence-electron chi connectivity index (χ4n) is 3.22. The number of hydrogen-bond donors (Lipinski definition) is 1. The van der Waals surface area contributed by atoms with Gasteiger partial charge in [0.25, 0.3) is 0 Å². The average Bonchev–Trinajstić information content (AvgIpc) is 3.37. The number of imidazole rings is 2. The second kappa shape index (κ2) is 9.68. The lowest BCUT2D eigenvalue weighted by Gasteiger charge is -2.31. The van der Waals surface area contributed by atoms with Crippen molar-refractivity contribution in [3.63, 3.8) is 0 Å².